The topological polar surface area (TPSA) is 0 Å². The maximum atomic E-state index is 6.40. The van der Waals surface area contributed by atoms with Gasteiger partial charge in [0.05, 0.1) is 0 Å². The Balaban J connectivity index is 0.00000300. The number of hydrogen-bond donors (Lipinski definition) is 0. The first-order chi connectivity index (χ1) is 13.3. The van der Waals surface area contributed by atoms with Crippen molar-refractivity contribution in [3.05, 3.63) is 101 Å². The molecule has 0 unspecified atom stereocenters. The summed E-state index contributed by atoms with van der Waals surface area (Å²) in [5.74, 6) is 0. The molecule has 29 heavy (non-hydrogen) atoms. The van der Waals surface area contributed by atoms with Crippen LogP contribution in [0.4, 0.5) is 0 Å². The van der Waals surface area contributed by atoms with Crippen molar-refractivity contribution in [3.63, 3.8) is 0 Å². The fourth-order valence-corrected chi connectivity index (χ4v) is 15.2. The minimum atomic E-state index is -2.01. The molecule has 0 spiro atoms. The predicted molar refractivity (Wildman–Crippen MR) is 136 cm³/mol. The van der Waals surface area contributed by atoms with Gasteiger partial charge in [-0.2, -0.15) is 0 Å². The van der Waals surface area contributed by atoms with Crippen LogP contribution in [0.2, 0.25) is 13.9 Å². The second-order valence-corrected chi connectivity index (χ2v) is 16.5. The van der Waals surface area contributed by atoms with E-state index in [2.05, 4.69) is 107 Å². The monoisotopic (exact) mass is 577 g/mol. The molecule has 0 aliphatic carbocycles. The SMILES string of the molecule is Br.CC(C)([CH2][Sn]([CH2]C(C)(C)c1ccccc1)[c]1cccc(Cl)c1)c1ccccc1. The molecule has 153 valence electrons. The van der Waals surface area contributed by atoms with Crippen LogP contribution in [-0.4, -0.2) is 19.8 Å². The van der Waals surface area contributed by atoms with E-state index in [0.717, 1.165) is 5.02 Å². The average Bonchev–Trinajstić information content (AvgIpc) is 2.68. The van der Waals surface area contributed by atoms with Crippen molar-refractivity contribution in [3.8, 4) is 0 Å². The van der Waals surface area contributed by atoms with Gasteiger partial charge < -0.3 is 0 Å². The molecule has 0 amide bonds. The van der Waals surface area contributed by atoms with Gasteiger partial charge in [0, 0.05) is 0 Å². The Morgan fingerprint density at radius 1 is 0.655 bits per heavy atom. The van der Waals surface area contributed by atoms with Crippen LogP contribution in [-0.2, 0) is 10.8 Å². The van der Waals surface area contributed by atoms with Gasteiger partial charge in [0.2, 0.25) is 0 Å². The molecule has 1 radical (unpaired) electrons. The van der Waals surface area contributed by atoms with E-state index < -0.39 is 19.8 Å². The Kier molecular flexibility index (Phi) is 8.87. The summed E-state index contributed by atoms with van der Waals surface area (Å²) < 4.78 is 4.08. The van der Waals surface area contributed by atoms with Gasteiger partial charge in [0.1, 0.15) is 0 Å². The summed E-state index contributed by atoms with van der Waals surface area (Å²) in [5, 5.41) is 0.866. The van der Waals surface area contributed by atoms with Crippen LogP contribution in [0.1, 0.15) is 38.8 Å². The van der Waals surface area contributed by atoms with Crippen molar-refractivity contribution in [1.29, 1.82) is 0 Å². The van der Waals surface area contributed by atoms with Gasteiger partial charge in [0.25, 0.3) is 0 Å². The summed E-state index contributed by atoms with van der Waals surface area (Å²) in [6, 6.07) is 30.6. The summed E-state index contributed by atoms with van der Waals surface area (Å²) in [6.45, 7) is 9.62. The van der Waals surface area contributed by atoms with Crippen molar-refractivity contribution in [2.24, 2.45) is 0 Å². The fourth-order valence-electron chi connectivity index (χ4n) is 4.02. The molecule has 0 aliphatic rings. The van der Waals surface area contributed by atoms with Crippen molar-refractivity contribution in [2.45, 2.75) is 47.4 Å². The Morgan fingerprint density at radius 3 is 1.52 bits per heavy atom. The van der Waals surface area contributed by atoms with Crippen molar-refractivity contribution in [2.75, 3.05) is 0 Å². The van der Waals surface area contributed by atoms with Crippen LogP contribution in [0.25, 0.3) is 0 Å². The molecule has 0 bridgehead atoms. The fraction of sp³-hybridized carbons (Fsp3) is 0.308. The van der Waals surface area contributed by atoms with E-state index >= 15 is 0 Å². The molecule has 0 aromatic heterocycles. The second kappa shape index (κ2) is 10.5. The van der Waals surface area contributed by atoms with Crippen LogP contribution in [0.3, 0.4) is 0 Å². The quantitative estimate of drug-likeness (QED) is 0.254. The summed E-state index contributed by atoms with van der Waals surface area (Å²) in [7, 11) is 0. The first-order valence-electron chi connectivity index (χ1n) is 10.00. The zero-order valence-electron chi connectivity index (χ0n) is 17.8. The van der Waals surface area contributed by atoms with Gasteiger partial charge in [-0.3, -0.25) is 0 Å². The third-order valence-corrected chi connectivity index (χ3v) is 16.6. The predicted octanol–water partition coefficient (Wildman–Crippen LogP) is 7.58. The molecule has 0 fully saturated rings. The van der Waals surface area contributed by atoms with Gasteiger partial charge in [-0.1, -0.05) is 0 Å². The molecule has 0 aliphatic heterocycles. The minimum absolute atomic E-state index is 0. The molecule has 3 aromatic carbocycles. The van der Waals surface area contributed by atoms with Crippen LogP contribution in [0.15, 0.2) is 84.9 Å². The molecule has 0 saturated heterocycles. The Bertz CT molecular complexity index is 837. The Labute approximate surface area is 199 Å². The second-order valence-electron chi connectivity index (χ2n) is 8.97. The van der Waals surface area contributed by atoms with E-state index in [9.17, 15) is 0 Å². The van der Waals surface area contributed by atoms with E-state index in [-0.39, 0.29) is 27.8 Å². The van der Waals surface area contributed by atoms with Gasteiger partial charge in [-0.05, 0) is 0 Å². The summed E-state index contributed by atoms with van der Waals surface area (Å²) in [5.41, 5.74) is 3.22. The molecule has 0 saturated carbocycles. The molecule has 0 N–H and O–H groups in total. The molecule has 0 atom stereocenters. The van der Waals surface area contributed by atoms with Gasteiger partial charge in [-0.25, -0.2) is 0 Å². The van der Waals surface area contributed by atoms with Gasteiger partial charge in [-0.15, -0.1) is 17.0 Å². The van der Waals surface area contributed by atoms with Crippen LogP contribution < -0.4 is 3.58 Å². The number of benzene rings is 3. The van der Waals surface area contributed by atoms with E-state index in [4.69, 9.17) is 11.6 Å². The van der Waals surface area contributed by atoms with E-state index in [1.54, 1.807) is 0 Å². The zero-order valence-corrected chi connectivity index (χ0v) is 23.1. The molecule has 0 heterocycles. The van der Waals surface area contributed by atoms with Gasteiger partial charge in [0.15, 0.2) is 0 Å². The van der Waals surface area contributed by atoms with Crippen molar-refractivity contribution < 1.29 is 0 Å². The first-order valence-corrected chi connectivity index (χ1v) is 15.8. The summed E-state index contributed by atoms with van der Waals surface area (Å²) in [6.07, 6.45) is 0. The molecular formula is C26H31BrClSn. The summed E-state index contributed by atoms with van der Waals surface area (Å²) in [4.78, 5) is 0. The van der Waals surface area contributed by atoms with Crippen molar-refractivity contribution >= 4 is 51.9 Å². The van der Waals surface area contributed by atoms with Crippen LogP contribution in [0, 0.1) is 0 Å². The molecule has 3 aromatic rings. The molecule has 0 nitrogen and oxygen atoms in total. The average molecular weight is 578 g/mol. The van der Waals surface area contributed by atoms with Gasteiger partial charge >= 0.3 is 183 Å². The Hall–Kier alpha value is -0.771. The molecular weight excluding hydrogens is 546 g/mol. The summed E-state index contributed by atoms with van der Waals surface area (Å²) >= 11 is 4.39. The maximum absolute atomic E-state index is 6.40. The number of hydrogen-bond acceptors (Lipinski definition) is 0. The standard InChI is InChI=1S/2C10H13.C6H4Cl.BrH.Sn/c2*1-10(2,3)9-7-5-4-6-8-9;7-6-4-2-1-3-5-6;;/h2*4-8H,1H2,2-3H3;1-2,4-5H;1H;. The number of rotatable bonds is 7. The van der Waals surface area contributed by atoms with Crippen molar-refractivity contribution in [1.82, 2.24) is 0 Å². The zero-order chi connectivity index (χ0) is 20.2. The molecule has 3 heteroatoms. The Morgan fingerprint density at radius 2 is 1.10 bits per heavy atom. The van der Waals surface area contributed by atoms with Crippen LogP contribution in [0.5, 0.6) is 0 Å². The van der Waals surface area contributed by atoms with Crippen LogP contribution >= 0.6 is 28.6 Å². The normalized spacial score (nSPS) is 11.9. The van der Waals surface area contributed by atoms with E-state index in [1.165, 1.54) is 23.6 Å². The van der Waals surface area contributed by atoms with E-state index in [1.807, 2.05) is 6.07 Å². The molecule has 3 rings (SSSR count). The first kappa shape index (κ1) is 24.5. The third-order valence-electron chi connectivity index (χ3n) is 5.65. The number of halogens is 2. The van der Waals surface area contributed by atoms with E-state index in [0.29, 0.717) is 0 Å². The third kappa shape index (κ3) is 6.60.